The van der Waals surface area contributed by atoms with Crippen molar-refractivity contribution in [2.75, 3.05) is 11.9 Å². The number of rotatable bonds is 7. The van der Waals surface area contributed by atoms with Crippen LogP contribution in [0.15, 0.2) is 29.6 Å². The Morgan fingerprint density at radius 3 is 2.52 bits per heavy atom. The van der Waals surface area contributed by atoms with Gasteiger partial charge in [-0.2, -0.15) is 0 Å². The number of nitrogens with one attached hydrogen (secondary N) is 1. The van der Waals surface area contributed by atoms with E-state index in [0.29, 0.717) is 16.6 Å². The Hall–Kier alpha value is -2.74. The number of nitrogens with two attached hydrogens (primary N) is 1. The molecule has 0 fully saturated rings. The maximum atomic E-state index is 11.8. The molecule has 1 heterocycles. The summed E-state index contributed by atoms with van der Waals surface area (Å²) in [6, 6.07) is 6.72. The van der Waals surface area contributed by atoms with E-state index in [-0.39, 0.29) is 24.7 Å². The van der Waals surface area contributed by atoms with Gasteiger partial charge in [-0.1, -0.05) is 12.1 Å². The second-order valence-corrected chi connectivity index (χ2v) is 5.58. The fourth-order valence-electron chi connectivity index (χ4n) is 1.70. The Labute approximate surface area is 136 Å². The molecule has 0 atom stereocenters. The van der Waals surface area contributed by atoms with Gasteiger partial charge in [-0.25, -0.2) is 4.98 Å². The first-order valence-corrected chi connectivity index (χ1v) is 7.58. The molecule has 0 saturated carbocycles. The number of benzene rings is 1. The van der Waals surface area contributed by atoms with Gasteiger partial charge in [-0.3, -0.25) is 19.7 Å². The molecule has 2 aromatic rings. The summed E-state index contributed by atoms with van der Waals surface area (Å²) in [6.07, 6.45) is 0.156. The van der Waals surface area contributed by atoms with E-state index in [9.17, 15) is 14.4 Å². The number of primary amides is 1. The second-order valence-electron chi connectivity index (χ2n) is 4.72. The van der Waals surface area contributed by atoms with Gasteiger partial charge in [-0.15, -0.1) is 11.3 Å². The van der Waals surface area contributed by atoms with Gasteiger partial charge >= 0.3 is 0 Å². The molecule has 1 aromatic heterocycles. The first-order chi connectivity index (χ1) is 10.9. The molecule has 0 radical (unpaired) electrons. The van der Waals surface area contributed by atoms with Crippen LogP contribution in [0, 0.1) is 0 Å². The predicted molar refractivity (Wildman–Crippen MR) is 85.6 cm³/mol. The lowest BCUT2D eigenvalue weighted by Crippen LogP contribution is -2.20. The lowest BCUT2D eigenvalue weighted by atomic mass is 10.1. The number of ketones is 1. The number of nitrogens with zero attached hydrogens (tertiary/aromatic N) is 1. The van der Waals surface area contributed by atoms with Crippen molar-refractivity contribution in [1.29, 1.82) is 0 Å². The van der Waals surface area contributed by atoms with Crippen LogP contribution in [0.4, 0.5) is 5.13 Å². The average Bonchev–Trinajstić information content (AvgIpc) is 2.95. The van der Waals surface area contributed by atoms with Gasteiger partial charge in [0.2, 0.25) is 5.91 Å². The minimum Gasteiger partial charge on any atom is -0.484 e. The smallest absolute Gasteiger partial charge is 0.264 e. The van der Waals surface area contributed by atoms with Crippen molar-refractivity contribution in [3.05, 3.63) is 40.9 Å². The topological polar surface area (TPSA) is 111 Å². The summed E-state index contributed by atoms with van der Waals surface area (Å²) < 4.78 is 5.34. The van der Waals surface area contributed by atoms with Crippen LogP contribution in [-0.2, 0) is 16.0 Å². The van der Waals surface area contributed by atoms with Crippen molar-refractivity contribution >= 4 is 34.1 Å². The van der Waals surface area contributed by atoms with Crippen molar-refractivity contribution in [3.8, 4) is 5.75 Å². The first-order valence-electron chi connectivity index (χ1n) is 6.70. The Balaban J connectivity index is 1.83. The van der Waals surface area contributed by atoms with Gasteiger partial charge < -0.3 is 10.5 Å². The SMILES string of the molecule is CC(=O)c1csc(NC(=O)COc2ccc(CC(N)=O)cc2)n1. The molecule has 0 saturated heterocycles. The first kappa shape index (κ1) is 16.6. The largest absolute Gasteiger partial charge is 0.484 e. The third-order valence-electron chi connectivity index (χ3n) is 2.78. The normalized spacial score (nSPS) is 10.1. The van der Waals surface area contributed by atoms with Crippen LogP contribution >= 0.6 is 11.3 Å². The quantitative estimate of drug-likeness (QED) is 0.744. The van der Waals surface area contributed by atoms with Crippen LogP contribution in [0.25, 0.3) is 0 Å². The van der Waals surface area contributed by atoms with Crippen LogP contribution in [0.2, 0.25) is 0 Å². The highest BCUT2D eigenvalue weighted by molar-refractivity contribution is 7.14. The van der Waals surface area contributed by atoms with E-state index in [1.807, 2.05) is 0 Å². The molecule has 0 aliphatic heterocycles. The van der Waals surface area contributed by atoms with Crippen LogP contribution in [0.5, 0.6) is 5.75 Å². The maximum Gasteiger partial charge on any atom is 0.264 e. The molecule has 7 nitrogen and oxygen atoms in total. The number of aromatic nitrogens is 1. The van der Waals surface area contributed by atoms with Crippen LogP contribution in [-0.4, -0.2) is 29.2 Å². The van der Waals surface area contributed by atoms with Gasteiger partial charge in [0.15, 0.2) is 17.5 Å². The molecule has 2 amide bonds. The fraction of sp³-hybridized carbons (Fsp3) is 0.200. The highest BCUT2D eigenvalue weighted by Gasteiger charge is 2.09. The second kappa shape index (κ2) is 7.50. The number of hydrogen-bond donors (Lipinski definition) is 2. The van der Waals surface area contributed by atoms with E-state index in [0.717, 1.165) is 5.56 Å². The van der Waals surface area contributed by atoms with E-state index >= 15 is 0 Å². The monoisotopic (exact) mass is 333 g/mol. The van der Waals surface area contributed by atoms with Crippen molar-refractivity contribution in [3.63, 3.8) is 0 Å². The number of amides is 2. The van der Waals surface area contributed by atoms with Gasteiger partial charge in [0.25, 0.3) is 5.91 Å². The van der Waals surface area contributed by atoms with Gasteiger partial charge in [0, 0.05) is 12.3 Å². The van der Waals surface area contributed by atoms with Crippen molar-refractivity contribution in [2.45, 2.75) is 13.3 Å². The van der Waals surface area contributed by atoms with Crippen molar-refractivity contribution < 1.29 is 19.1 Å². The zero-order valence-electron chi connectivity index (χ0n) is 12.4. The molecule has 0 spiro atoms. The zero-order chi connectivity index (χ0) is 16.8. The van der Waals surface area contributed by atoms with Crippen LogP contribution in [0.3, 0.4) is 0 Å². The third kappa shape index (κ3) is 5.19. The number of ether oxygens (including phenoxy) is 1. The summed E-state index contributed by atoms with van der Waals surface area (Å²) in [6.45, 7) is 1.22. The molecule has 1 aromatic carbocycles. The molecule has 0 aliphatic rings. The molecule has 2 rings (SSSR count). The minimum atomic E-state index is -0.411. The lowest BCUT2D eigenvalue weighted by molar-refractivity contribution is -0.118. The van der Waals surface area contributed by atoms with Crippen LogP contribution in [0.1, 0.15) is 23.0 Å². The molecule has 3 N–H and O–H groups in total. The molecule has 0 bridgehead atoms. The summed E-state index contributed by atoms with van der Waals surface area (Å²) in [5.74, 6) is -0.451. The maximum absolute atomic E-state index is 11.8. The number of thiazole rings is 1. The zero-order valence-corrected chi connectivity index (χ0v) is 13.2. The Morgan fingerprint density at radius 1 is 1.26 bits per heavy atom. The van der Waals surface area contributed by atoms with E-state index in [1.54, 1.807) is 29.6 Å². The summed E-state index contributed by atoms with van der Waals surface area (Å²) >= 11 is 1.17. The highest BCUT2D eigenvalue weighted by atomic mass is 32.1. The lowest BCUT2D eigenvalue weighted by Gasteiger charge is -2.06. The summed E-state index contributed by atoms with van der Waals surface area (Å²) in [4.78, 5) is 37.7. The predicted octanol–water partition coefficient (Wildman–Crippen LogP) is 1.39. The number of anilines is 1. The average molecular weight is 333 g/mol. The number of Topliss-reactive ketones (excluding diaryl/α,β-unsaturated/α-hetero) is 1. The van der Waals surface area contributed by atoms with Gasteiger partial charge in [0.05, 0.1) is 6.42 Å². The number of carbonyl (C=O) groups is 3. The molecule has 23 heavy (non-hydrogen) atoms. The van der Waals surface area contributed by atoms with E-state index < -0.39 is 5.91 Å². The molecular weight excluding hydrogens is 318 g/mol. The Bertz CT molecular complexity index is 725. The van der Waals surface area contributed by atoms with Crippen molar-refractivity contribution in [2.24, 2.45) is 5.73 Å². The van der Waals surface area contributed by atoms with Crippen LogP contribution < -0.4 is 15.8 Å². The van der Waals surface area contributed by atoms with Gasteiger partial charge in [-0.05, 0) is 17.7 Å². The number of carbonyl (C=O) groups excluding carboxylic acids is 3. The Kier molecular flexibility index (Phi) is 5.42. The summed E-state index contributed by atoms with van der Waals surface area (Å²) in [7, 11) is 0. The molecule has 0 unspecified atom stereocenters. The van der Waals surface area contributed by atoms with Gasteiger partial charge in [0.1, 0.15) is 11.4 Å². The fourth-order valence-corrected chi connectivity index (χ4v) is 2.47. The summed E-state index contributed by atoms with van der Waals surface area (Å²) in [5.41, 5.74) is 6.19. The standard InChI is InChI=1S/C15H15N3O4S/c1-9(19)12-8-23-15(17-12)18-14(21)7-22-11-4-2-10(3-5-11)6-13(16)20/h2-5,8H,6-7H2,1H3,(H2,16,20)(H,17,18,21). The van der Waals surface area contributed by atoms with Crippen molar-refractivity contribution in [1.82, 2.24) is 4.98 Å². The molecule has 120 valence electrons. The van der Waals surface area contributed by atoms with E-state index in [1.165, 1.54) is 18.3 Å². The van der Waals surface area contributed by atoms with E-state index in [2.05, 4.69) is 10.3 Å². The molecule has 8 heteroatoms. The Morgan fingerprint density at radius 2 is 1.96 bits per heavy atom. The van der Waals surface area contributed by atoms with E-state index in [4.69, 9.17) is 10.5 Å². The number of hydrogen-bond acceptors (Lipinski definition) is 6. The molecular formula is C15H15N3O4S. The molecule has 0 aliphatic carbocycles. The third-order valence-corrected chi connectivity index (χ3v) is 3.54. The minimum absolute atomic E-state index is 0.156. The summed E-state index contributed by atoms with van der Waals surface area (Å²) in [5, 5.41) is 4.48. The highest BCUT2D eigenvalue weighted by Crippen LogP contribution is 2.16.